The van der Waals surface area contributed by atoms with E-state index >= 15 is 0 Å². The molecule has 0 bridgehead atoms. The first-order chi connectivity index (χ1) is 12.7. The van der Waals surface area contributed by atoms with Crippen LogP contribution in [-0.4, -0.2) is 41.9 Å². The van der Waals surface area contributed by atoms with Crippen molar-refractivity contribution in [2.75, 3.05) is 20.8 Å². The maximum atomic E-state index is 12.3. The molecular formula is C19H20N4O3. The van der Waals surface area contributed by atoms with Crippen molar-refractivity contribution in [1.82, 2.24) is 20.5 Å². The summed E-state index contributed by atoms with van der Waals surface area (Å²) in [6, 6.07) is 11.0. The quantitative estimate of drug-likeness (QED) is 0.682. The van der Waals surface area contributed by atoms with Gasteiger partial charge in [-0.25, -0.2) is 0 Å². The van der Waals surface area contributed by atoms with E-state index in [2.05, 4.69) is 20.5 Å². The zero-order chi connectivity index (χ0) is 18.4. The maximum absolute atomic E-state index is 12.3. The number of aromatic nitrogens is 3. The van der Waals surface area contributed by atoms with E-state index in [1.165, 1.54) is 0 Å². The molecule has 2 aromatic heterocycles. The predicted octanol–water partition coefficient (Wildman–Crippen LogP) is 2.46. The van der Waals surface area contributed by atoms with Crippen molar-refractivity contribution in [3.05, 3.63) is 60.0 Å². The van der Waals surface area contributed by atoms with Crippen LogP contribution >= 0.6 is 0 Å². The first kappa shape index (κ1) is 17.5. The van der Waals surface area contributed by atoms with Gasteiger partial charge in [-0.2, -0.15) is 5.10 Å². The van der Waals surface area contributed by atoms with Crippen LogP contribution in [0.1, 0.15) is 16.1 Å². The van der Waals surface area contributed by atoms with Crippen molar-refractivity contribution in [3.8, 4) is 22.8 Å². The van der Waals surface area contributed by atoms with E-state index in [0.29, 0.717) is 24.4 Å². The number of carbonyl (C=O) groups is 1. The number of amides is 1. The number of benzene rings is 1. The molecule has 7 heteroatoms. The van der Waals surface area contributed by atoms with Crippen molar-refractivity contribution in [2.24, 2.45) is 0 Å². The monoisotopic (exact) mass is 352 g/mol. The highest BCUT2D eigenvalue weighted by molar-refractivity contribution is 5.93. The number of H-pyrrole nitrogens is 1. The van der Waals surface area contributed by atoms with E-state index in [0.717, 1.165) is 22.6 Å². The second-order valence-electron chi connectivity index (χ2n) is 5.59. The van der Waals surface area contributed by atoms with Gasteiger partial charge in [0, 0.05) is 24.5 Å². The van der Waals surface area contributed by atoms with Crippen LogP contribution in [-0.2, 0) is 6.42 Å². The van der Waals surface area contributed by atoms with Crippen LogP contribution in [0.15, 0.2) is 48.8 Å². The van der Waals surface area contributed by atoms with Crippen molar-refractivity contribution < 1.29 is 14.3 Å². The molecule has 0 aliphatic carbocycles. The number of hydrogen-bond acceptors (Lipinski definition) is 5. The number of methoxy groups -OCH3 is 2. The number of aromatic amines is 1. The third-order valence-electron chi connectivity index (χ3n) is 3.95. The second kappa shape index (κ2) is 8.15. The Hall–Kier alpha value is -3.35. The number of pyridine rings is 1. The van der Waals surface area contributed by atoms with Gasteiger partial charge in [-0.3, -0.25) is 14.9 Å². The van der Waals surface area contributed by atoms with Gasteiger partial charge >= 0.3 is 0 Å². The van der Waals surface area contributed by atoms with Gasteiger partial charge in [0.2, 0.25) is 0 Å². The largest absolute Gasteiger partial charge is 0.497 e. The van der Waals surface area contributed by atoms with Gasteiger partial charge in [-0.15, -0.1) is 0 Å². The van der Waals surface area contributed by atoms with Crippen LogP contribution in [0.5, 0.6) is 11.5 Å². The first-order valence-corrected chi connectivity index (χ1v) is 8.16. The highest BCUT2D eigenvalue weighted by atomic mass is 16.5. The lowest BCUT2D eigenvalue weighted by molar-refractivity contribution is 0.0949. The Bertz CT molecular complexity index is 878. The van der Waals surface area contributed by atoms with Crippen molar-refractivity contribution in [1.29, 1.82) is 0 Å². The summed E-state index contributed by atoms with van der Waals surface area (Å²) in [5.74, 6) is 1.30. The first-order valence-electron chi connectivity index (χ1n) is 8.16. The van der Waals surface area contributed by atoms with E-state index in [9.17, 15) is 4.79 Å². The van der Waals surface area contributed by atoms with Crippen LogP contribution in [0.4, 0.5) is 0 Å². The van der Waals surface area contributed by atoms with E-state index in [1.54, 1.807) is 32.7 Å². The van der Waals surface area contributed by atoms with E-state index in [1.807, 2.05) is 30.3 Å². The van der Waals surface area contributed by atoms with E-state index < -0.39 is 0 Å². The SMILES string of the molecule is COc1ccc(OC)c(CCNC(=O)c2cc(-c3cccnc3)n[nH]2)c1. The Morgan fingerprint density at radius 3 is 2.81 bits per heavy atom. The third kappa shape index (κ3) is 4.00. The summed E-state index contributed by atoms with van der Waals surface area (Å²) in [5, 5.41) is 9.80. The summed E-state index contributed by atoms with van der Waals surface area (Å²) < 4.78 is 10.6. The van der Waals surface area contributed by atoms with Gasteiger partial charge in [0.15, 0.2) is 0 Å². The molecule has 2 N–H and O–H groups in total. The molecule has 0 saturated heterocycles. The summed E-state index contributed by atoms with van der Waals surface area (Å²) in [6.07, 6.45) is 4.01. The van der Waals surface area contributed by atoms with Gasteiger partial charge < -0.3 is 14.8 Å². The van der Waals surface area contributed by atoms with E-state index in [-0.39, 0.29) is 5.91 Å². The number of rotatable bonds is 7. The molecule has 0 saturated carbocycles. The van der Waals surface area contributed by atoms with Crippen LogP contribution in [0, 0.1) is 0 Å². The molecule has 0 unspecified atom stereocenters. The molecule has 0 aliphatic heterocycles. The molecule has 0 aliphatic rings. The molecule has 0 fully saturated rings. The number of carbonyl (C=O) groups excluding carboxylic acids is 1. The molecule has 0 spiro atoms. The predicted molar refractivity (Wildman–Crippen MR) is 97.4 cm³/mol. The minimum absolute atomic E-state index is 0.213. The molecule has 0 radical (unpaired) electrons. The average molecular weight is 352 g/mol. The molecule has 0 atom stereocenters. The van der Waals surface area contributed by atoms with Crippen LogP contribution < -0.4 is 14.8 Å². The van der Waals surface area contributed by atoms with Crippen LogP contribution in [0.25, 0.3) is 11.3 Å². The topological polar surface area (TPSA) is 89.1 Å². The molecular weight excluding hydrogens is 332 g/mol. The molecule has 1 amide bonds. The van der Waals surface area contributed by atoms with Crippen molar-refractivity contribution in [2.45, 2.75) is 6.42 Å². The standard InChI is InChI=1S/C19H20N4O3/c1-25-15-5-6-18(26-2)13(10-15)7-9-21-19(24)17-11-16(22-23-17)14-4-3-8-20-12-14/h3-6,8,10-12H,7,9H2,1-2H3,(H,21,24)(H,22,23). The number of ether oxygens (including phenoxy) is 2. The fourth-order valence-corrected chi connectivity index (χ4v) is 2.58. The summed E-state index contributed by atoms with van der Waals surface area (Å²) in [7, 11) is 3.24. The highest BCUT2D eigenvalue weighted by Gasteiger charge is 2.11. The third-order valence-corrected chi connectivity index (χ3v) is 3.95. The molecule has 134 valence electrons. The molecule has 26 heavy (non-hydrogen) atoms. The van der Waals surface area contributed by atoms with Gasteiger partial charge in [-0.05, 0) is 48.4 Å². The Labute approximate surface area is 151 Å². The lowest BCUT2D eigenvalue weighted by atomic mass is 10.1. The number of nitrogens with zero attached hydrogens (tertiary/aromatic N) is 2. The van der Waals surface area contributed by atoms with E-state index in [4.69, 9.17) is 9.47 Å². The minimum atomic E-state index is -0.213. The fraction of sp³-hybridized carbons (Fsp3) is 0.211. The van der Waals surface area contributed by atoms with Crippen molar-refractivity contribution in [3.63, 3.8) is 0 Å². The maximum Gasteiger partial charge on any atom is 0.269 e. The molecule has 3 rings (SSSR count). The number of hydrogen-bond donors (Lipinski definition) is 2. The Morgan fingerprint density at radius 2 is 2.08 bits per heavy atom. The number of nitrogens with one attached hydrogen (secondary N) is 2. The second-order valence-corrected chi connectivity index (χ2v) is 5.59. The summed E-state index contributed by atoms with van der Waals surface area (Å²) >= 11 is 0. The van der Waals surface area contributed by atoms with Gasteiger partial charge in [0.05, 0.1) is 19.9 Å². The van der Waals surface area contributed by atoms with Gasteiger partial charge in [0.25, 0.3) is 5.91 Å². The Balaban J connectivity index is 1.61. The Kier molecular flexibility index (Phi) is 5.48. The zero-order valence-corrected chi connectivity index (χ0v) is 14.7. The normalized spacial score (nSPS) is 10.4. The lowest BCUT2D eigenvalue weighted by Crippen LogP contribution is -2.26. The molecule has 7 nitrogen and oxygen atoms in total. The molecule has 1 aromatic carbocycles. The Morgan fingerprint density at radius 1 is 1.19 bits per heavy atom. The smallest absolute Gasteiger partial charge is 0.269 e. The van der Waals surface area contributed by atoms with Gasteiger partial charge in [0.1, 0.15) is 17.2 Å². The van der Waals surface area contributed by atoms with Crippen LogP contribution in [0.2, 0.25) is 0 Å². The summed E-state index contributed by atoms with van der Waals surface area (Å²) in [4.78, 5) is 16.4. The summed E-state index contributed by atoms with van der Waals surface area (Å²) in [6.45, 7) is 0.462. The van der Waals surface area contributed by atoms with Gasteiger partial charge in [-0.1, -0.05) is 0 Å². The van der Waals surface area contributed by atoms with Crippen molar-refractivity contribution >= 4 is 5.91 Å². The molecule has 2 heterocycles. The zero-order valence-electron chi connectivity index (χ0n) is 14.7. The highest BCUT2D eigenvalue weighted by Crippen LogP contribution is 2.24. The minimum Gasteiger partial charge on any atom is -0.497 e. The summed E-state index contributed by atoms with van der Waals surface area (Å²) in [5.41, 5.74) is 2.90. The fourth-order valence-electron chi connectivity index (χ4n) is 2.58. The van der Waals surface area contributed by atoms with Crippen LogP contribution in [0.3, 0.4) is 0 Å². The molecule has 3 aromatic rings. The lowest BCUT2D eigenvalue weighted by Gasteiger charge is -2.10. The average Bonchev–Trinajstić information content (AvgIpc) is 3.19.